The number of aromatic nitrogens is 2. The molecule has 0 saturated carbocycles. The van der Waals surface area contributed by atoms with E-state index < -0.39 is 5.97 Å². The molecular formula is C14H14BrFN2O2S. The Kier molecular flexibility index (Phi) is 5.05. The Bertz CT molecular complexity index is 673. The third-order valence-electron chi connectivity index (χ3n) is 2.83. The van der Waals surface area contributed by atoms with Crippen LogP contribution in [0, 0.1) is 5.82 Å². The minimum Gasteiger partial charge on any atom is -0.481 e. The van der Waals surface area contributed by atoms with Crippen LogP contribution in [0.5, 0.6) is 0 Å². The fourth-order valence-corrected chi connectivity index (χ4v) is 2.83. The molecule has 0 aliphatic carbocycles. The molecule has 2 aromatic rings. The highest BCUT2D eigenvalue weighted by molar-refractivity contribution is 9.10. The molecule has 0 atom stereocenters. The average Bonchev–Trinajstić information content (AvgIpc) is 2.83. The van der Waals surface area contributed by atoms with Gasteiger partial charge in [-0.05, 0) is 40.0 Å². The molecule has 0 unspecified atom stereocenters. The number of carboxylic acids is 1. The monoisotopic (exact) mass is 372 g/mol. The van der Waals surface area contributed by atoms with Gasteiger partial charge < -0.3 is 5.11 Å². The number of hydrogen-bond donors (Lipinski definition) is 1. The van der Waals surface area contributed by atoms with E-state index >= 15 is 0 Å². The van der Waals surface area contributed by atoms with E-state index in [0.717, 1.165) is 17.5 Å². The van der Waals surface area contributed by atoms with Crippen LogP contribution in [0.15, 0.2) is 34.0 Å². The highest BCUT2D eigenvalue weighted by Gasteiger charge is 2.16. The summed E-state index contributed by atoms with van der Waals surface area (Å²) in [7, 11) is 0. The van der Waals surface area contributed by atoms with Gasteiger partial charge in [-0.3, -0.25) is 9.36 Å². The van der Waals surface area contributed by atoms with Gasteiger partial charge in [0.2, 0.25) is 0 Å². The van der Waals surface area contributed by atoms with E-state index in [2.05, 4.69) is 20.9 Å². The second kappa shape index (κ2) is 6.62. The summed E-state index contributed by atoms with van der Waals surface area (Å²) in [5.41, 5.74) is 1.54. The molecule has 21 heavy (non-hydrogen) atoms. The summed E-state index contributed by atoms with van der Waals surface area (Å²) in [5, 5.41) is 9.35. The molecule has 0 saturated heterocycles. The molecule has 0 bridgehead atoms. The first-order chi connectivity index (χ1) is 9.90. The Morgan fingerprint density at radius 3 is 2.81 bits per heavy atom. The van der Waals surface area contributed by atoms with E-state index in [4.69, 9.17) is 5.11 Å². The maximum Gasteiger partial charge on any atom is 0.313 e. The van der Waals surface area contributed by atoms with Gasteiger partial charge in [-0.1, -0.05) is 25.6 Å². The predicted octanol–water partition coefficient (Wildman–Crippen LogP) is 4.07. The minimum atomic E-state index is -0.914. The van der Waals surface area contributed by atoms with Crippen molar-refractivity contribution in [3.8, 4) is 5.69 Å². The molecule has 0 aliphatic heterocycles. The number of aliphatic carboxylic acids is 1. The molecule has 7 heteroatoms. The van der Waals surface area contributed by atoms with Gasteiger partial charge in [-0.25, -0.2) is 9.37 Å². The van der Waals surface area contributed by atoms with Crippen molar-refractivity contribution >= 4 is 33.7 Å². The topological polar surface area (TPSA) is 55.1 Å². The molecule has 2 rings (SSSR count). The first-order valence-corrected chi connectivity index (χ1v) is 8.05. The molecule has 1 heterocycles. The maximum atomic E-state index is 13.8. The minimum absolute atomic E-state index is 0.0897. The molecule has 0 spiro atoms. The van der Waals surface area contributed by atoms with E-state index in [1.165, 1.54) is 6.07 Å². The van der Waals surface area contributed by atoms with Crippen molar-refractivity contribution < 1.29 is 14.3 Å². The van der Waals surface area contributed by atoms with Gasteiger partial charge in [-0.15, -0.1) is 0 Å². The van der Waals surface area contributed by atoms with Crippen LogP contribution in [0.3, 0.4) is 0 Å². The normalized spacial score (nSPS) is 11.1. The smallest absolute Gasteiger partial charge is 0.313 e. The molecule has 0 aliphatic rings. The van der Waals surface area contributed by atoms with E-state index in [0.29, 0.717) is 15.3 Å². The summed E-state index contributed by atoms with van der Waals surface area (Å²) in [6, 6.07) is 4.80. The van der Waals surface area contributed by atoms with Crippen LogP contribution in [0.25, 0.3) is 5.69 Å². The number of thioether (sulfide) groups is 1. The Morgan fingerprint density at radius 2 is 2.24 bits per heavy atom. The van der Waals surface area contributed by atoms with Crippen LogP contribution in [-0.4, -0.2) is 26.4 Å². The van der Waals surface area contributed by atoms with Crippen molar-refractivity contribution in [2.24, 2.45) is 0 Å². The highest BCUT2D eigenvalue weighted by Crippen LogP contribution is 2.29. The number of halogens is 2. The summed E-state index contributed by atoms with van der Waals surface area (Å²) in [6.45, 7) is 4.02. The van der Waals surface area contributed by atoms with Gasteiger partial charge in [0.25, 0.3) is 0 Å². The number of hydrogen-bond acceptors (Lipinski definition) is 3. The molecule has 1 aromatic heterocycles. The Balaban J connectivity index is 2.49. The number of benzene rings is 1. The third kappa shape index (κ3) is 3.65. The van der Waals surface area contributed by atoms with Crippen molar-refractivity contribution in [2.75, 3.05) is 5.75 Å². The van der Waals surface area contributed by atoms with Crippen LogP contribution >= 0.6 is 27.7 Å². The molecule has 4 nitrogen and oxygen atoms in total. The molecule has 0 amide bonds. The lowest BCUT2D eigenvalue weighted by Gasteiger charge is -2.14. The Hall–Kier alpha value is -1.34. The van der Waals surface area contributed by atoms with Gasteiger partial charge in [0.05, 0.1) is 22.1 Å². The van der Waals surface area contributed by atoms with Gasteiger partial charge in [0, 0.05) is 5.69 Å². The molecule has 1 aromatic carbocycles. The number of carbonyl (C=O) groups is 1. The van der Waals surface area contributed by atoms with Gasteiger partial charge >= 0.3 is 5.97 Å². The van der Waals surface area contributed by atoms with Crippen LogP contribution in [0.2, 0.25) is 0 Å². The van der Waals surface area contributed by atoms with Crippen molar-refractivity contribution in [1.29, 1.82) is 0 Å². The van der Waals surface area contributed by atoms with E-state index in [-0.39, 0.29) is 17.5 Å². The molecular weight excluding hydrogens is 359 g/mol. The first-order valence-electron chi connectivity index (χ1n) is 6.27. The lowest BCUT2D eigenvalue weighted by molar-refractivity contribution is -0.133. The van der Waals surface area contributed by atoms with Crippen molar-refractivity contribution in [3.63, 3.8) is 0 Å². The molecule has 112 valence electrons. The van der Waals surface area contributed by atoms with Crippen molar-refractivity contribution in [3.05, 3.63) is 40.4 Å². The first kappa shape index (κ1) is 16.0. The van der Waals surface area contributed by atoms with E-state index in [1.807, 2.05) is 13.8 Å². The SMILES string of the molecule is CC(C)c1cnc(SCC(=O)O)n1-c1ccc(Br)c(F)c1. The summed E-state index contributed by atoms with van der Waals surface area (Å²) in [6.07, 6.45) is 1.70. The van der Waals surface area contributed by atoms with Crippen LogP contribution in [-0.2, 0) is 4.79 Å². The number of carboxylic acid groups (broad SMARTS) is 1. The molecule has 1 N–H and O–H groups in total. The third-order valence-corrected chi connectivity index (χ3v) is 4.41. The van der Waals surface area contributed by atoms with E-state index in [9.17, 15) is 9.18 Å². The summed E-state index contributed by atoms with van der Waals surface area (Å²) >= 11 is 4.24. The van der Waals surface area contributed by atoms with Crippen LogP contribution < -0.4 is 0 Å². The van der Waals surface area contributed by atoms with Crippen LogP contribution in [0.4, 0.5) is 4.39 Å². The fraction of sp³-hybridized carbons (Fsp3) is 0.286. The number of imidazole rings is 1. The second-order valence-electron chi connectivity index (χ2n) is 4.74. The lowest BCUT2D eigenvalue weighted by Crippen LogP contribution is -2.06. The number of nitrogens with zero attached hydrogens (tertiary/aromatic N) is 2. The van der Waals surface area contributed by atoms with E-state index in [1.54, 1.807) is 22.9 Å². The molecule has 0 radical (unpaired) electrons. The second-order valence-corrected chi connectivity index (χ2v) is 6.53. The van der Waals surface area contributed by atoms with Gasteiger partial charge in [0.1, 0.15) is 5.82 Å². The number of rotatable bonds is 5. The Morgan fingerprint density at radius 1 is 1.52 bits per heavy atom. The van der Waals surface area contributed by atoms with Gasteiger partial charge in [-0.2, -0.15) is 0 Å². The zero-order valence-corrected chi connectivity index (χ0v) is 13.9. The predicted molar refractivity (Wildman–Crippen MR) is 83.7 cm³/mol. The maximum absolute atomic E-state index is 13.8. The molecule has 0 fully saturated rings. The van der Waals surface area contributed by atoms with Crippen LogP contribution in [0.1, 0.15) is 25.5 Å². The quantitative estimate of drug-likeness (QED) is 0.803. The zero-order valence-electron chi connectivity index (χ0n) is 11.5. The summed E-state index contributed by atoms with van der Waals surface area (Å²) in [4.78, 5) is 15.0. The average molecular weight is 373 g/mol. The highest BCUT2D eigenvalue weighted by atomic mass is 79.9. The standard InChI is InChI=1S/C14H14BrFN2O2S/c1-8(2)12-6-17-14(21-7-13(19)20)18(12)9-3-4-10(15)11(16)5-9/h3-6,8H,7H2,1-2H3,(H,19,20). The summed E-state index contributed by atoms with van der Waals surface area (Å²) in [5.74, 6) is -1.19. The largest absolute Gasteiger partial charge is 0.481 e. The van der Waals surface area contributed by atoms with Crippen molar-refractivity contribution in [1.82, 2.24) is 9.55 Å². The van der Waals surface area contributed by atoms with Crippen molar-refractivity contribution in [2.45, 2.75) is 24.9 Å². The van der Waals surface area contributed by atoms with Gasteiger partial charge in [0.15, 0.2) is 5.16 Å². The summed E-state index contributed by atoms with van der Waals surface area (Å²) < 4.78 is 16.0. The fourth-order valence-electron chi connectivity index (χ4n) is 1.87. The zero-order chi connectivity index (χ0) is 15.6. The Labute approximate surface area is 134 Å². The lowest BCUT2D eigenvalue weighted by atomic mass is 10.1.